The van der Waals surface area contributed by atoms with Crippen LogP contribution in [0.5, 0.6) is 11.5 Å². The lowest BCUT2D eigenvalue weighted by molar-refractivity contribution is 0.0822. The van der Waals surface area contributed by atoms with E-state index in [1.165, 1.54) is 11.1 Å². The molecule has 6 aromatic rings. The highest BCUT2D eigenvalue weighted by molar-refractivity contribution is 5.34. The first kappa shape index (κ1) is 35.0. The molecule has 0 N–H and O–H groups in total. The molecule has 1 aliphatic rings. The molecule has 1 fully saturated rings. The van der Waals surface area contributed by atoms with Gasteiger partial charge in [0, 0.05) is 39.3 Å². The van der Waals surface area contributed by atoms with Gasteiger partial charge in [0.1, 0.15) is 11.5 Å². The lowest BCUT2D eigenvalue weighted by Crippen LogP contribution is -2.50. The number of rotatable bonds is 16. The highest BCUT2D eigenvalue weighted by atomic mass is 16.5. The molecule has 12 heteroatoms. The van der Waals surface area contributed by atoms with Gasteiger partial charge in [-0.2, -0.15) is 0 Å². The zero-order valence-corrected chi connectivity index (χ0v) is 29.9. The summed E-state index contributed by atoms with van der Waals surface area (Å²) in [5.41, 5.74) is 4.75. The number of benzene rings is 4. The van der Waals surface area contributed by atoms with Crippen LogP contribution in [-0.4, -0.2) is 89.6 Å². The Morgan fingerprint density at radius 1 is 0.519 bits per heavy atom. The molecule has 0 bridgehead atoms. The van der Waals surface area contributed by atoms with Gasteiger partial charge in [-0.15, -0.1) is 10.2 Å². The van der Waals surface area contributed by atoms with Crippen molar-refractivity contribution in [2.45, 2.75) is 51.9 Å². The summed E-state index contributed by atoms with van der Waals surface area (Å²) >= 11 is 0. The standard InChI is InChI=1S/C40H46N10O2/c1-3-51-35-19-15-33(16-20-35)37(39-41-43-45-49(39)25-23-31-11-7-5-8-12-31)47-27-29-48(30-28-47)38(34-17-21-36(22-18-34)52-4-2)40-42-44-46-50(40)26-24-32-13-9-6-10-14-32/h5-22,37-38H,3-4,23-30H2,1-2H3/t37-,38-/m1/s1. The van der Waals surface area contributed by atoms with Gasteiger partial charge >= 0.3 is 0 Å². The Kier molecular flexibility index (Phi) is 11.5. The molecule has 0 spiro atoms. The molecule has 1 aliphatic heterocycles. The largest absolute Gasteiger partial charge is 0.494 e. The van der Waals surface area contributed by atoms with Crippen molar-refractivity contribution in [3.63, 3.8) is 0 Å². The van der Waals surface area contributed by atoms with Gasteiger partial charge in [-0.25, -0.2) is 9.36 Å². The second kappa shape index (κ2) is 17.2. The van der Waals surface area contributed by atoms with Crippen LogP contribution in [0.4, 0.5) is 0 Å². The third kappa shape index (κ3) is 8.35. The number of aromatic nitrogens is 8. The minimum atomic E-state index is -0.135. The van der Waals surface area contributed by atoms with E-state index in [9.17, 15) is 0 Å². The Hall–Kier alpha value is -5.46. The first-order valence-corrected chi connectivity index (χ1v) is 18.2. The number of aryl methyl sites for hydroxylation is 4. The van der Waals surface area contributed by atoms with Crippen molar-refractivity contribution in [2.75, 3.05) is 39.4 Å². The van der Waals surface area contributed by atoms with Crippen molar-refractivity contribution in [1.82, 2.24) is 50.2 Å². The number of tetrazole rings is 2. The normalized spacial score (nSPS) is 15.0. The topological polar surface area (TPSA) is 112 Å². The van der Waals surface area contributed by atoms with E-state index in [0.29, 0.717) is 26.3 Å². The van der Waals surface area contributed by atoms with Crippen LogP contribution in [0.3, 0.4) is 0 Å². The summed E-state index contributed by atoms with van der Waals surface area (Å²) in [4.78, 5) is 4.98. The van der Waals surface area contributed by atoms with Crippen LogP contribution in [0.25, 0.3) is 0 Å². The fraction of sp³-hybridized carbons (Fsp3) is 0.350. The summed E-state index contributed by atoms with van der Waals surface area (Å²) < 4.78 is 15.5. The lowest BCUT2D eigenvalue weighted by atomic mass is 10.0. The van der Waals surface area contributed by atoms with E-state index in [4.69, 9.17) is 9.47 Å². The molecule has 52 heavy (non-hydrogen) atoms. The predicted octanol–water partition coefficient (Wildman–Crippen LogP) is 5.44. The van der Waals surface area contributed by atoms with Crippen molar-refractivity contribution in [3.8, 4) is 11.5 Å². The smallest absolute Gasteiger partial charge is 0.173 e. The van der Waals surface area contributed by atoms with E-state index in [-0.39, 0.29) is 12.1 Å². The highest BCUT2D eigenvalue weighted by Crippen LogP contribution is 2.34. The Morgan fingerprint density at radius 3 is 1.27 bits per heavy atom. The Labute approximate surface area is 305 Å². The van der Waals surface area contributed by atoms with E-state index in [1.807, 2.05) is 59.6 Å². The average molecular weight is 699 g/mol. The van der Waals surface area contributed by atoms with Crippen LogP contribution in [0, 0.1) is 0 Å². The van der Waals surface area contributed by atoms with E-state index < -0.39 is 0 Å². The molecule has 12 nitrogen and oxygen atoms in total. The van der Waals surface area contributed by atoms with Crippen molar-refractivity contribution in [1.29, 1.82) is 0 Å². The first-order valence-electron chi connectivity index (χ1n) is 18.2. The van der Waals surface area contributed by atoms with Gasteiger partial charge < -0.3 is 9.47 Å². The minimum absolute atomic E-state index is 0.135. The predicted molar refractivity (Wildman–Crippen MR) is 198 cm³/mol. The molecule has 2 atom stereocenters. The second-order valence-electron chi connectivity index (χ2n) is 12.9. The molecular weight excluding hydrogens is 653 g/mol. The van der Waals surface area contributed by atoms with Crippen LogP contribution in [0.15, 0.2) is 109 Å². The third-order valence-corrected chi connectivity index (χ3v) is 9.61. The molecule has 7 rings (SSSR count). The molecule has 0 saturated carbocycles. The third-order valence-electron chi connectivity index (χ3n) is 9.61. The second-order valence-corrected chi connectivity index (χ2v) is 12.9. The maximum atomic E-state index is 5.79. The van der Waals surface area contributed by atoms with E-state index >= 15 is 0 Å². The molecule has 0 amide bonds. The Bertz CT molecular complexity index is 1800. The van der Waals surface area contributed by atoms with Crippen molar-refractivity contribution in [3.05, 3.63) is 143 Å². The number of piperazine rings is 1. The molecule has 0 radical (unpaired) electrons. The summed E-state index contributed by atoms with van der Waals surface area (Å²) in [6.45, 7) is 9.78. The monoisotopic (exact) mass is 698 g/mol. The molecule has 268 valence electrons. The van der Waals surface area contributed by atoms with E-state index in [0.717, 1.165) is 73.3 Å². The van der Waals surface area contributed by atoms with Crippen LogP contribution in [-0.2, 0) is 25.9 Å². The first-order chi connectivity index (χ1) is 25.7. The molecular formula is C40H46N10O2. The van der Waals surface area contributed by atoms with E-state index in [2.05, 4.69) is 114 Å². The van der Waals surface area contributed by atoms with Gasteiger partial charge in [-0.3, -0.25) is 9.80 Å². The number of hydrogen-bond acceptors (Lipinski definition) is 10. The quantitative estimate of drug-likeness (QED) is 0.130. The molecule has 3 heterocycles. The lowest BCUT2D eigenvalue weighted by Gasteiger charge is -2.41. The Morgan fingerprint density at radius 2 is 0.904 bits per heavy atom. The average Bonchev–Trinajstić information content (AvgIpc) is 3.86. The highest BCUT2D eigenvalue weighted by Gasteiger charge is 2.35. The molecule has 1 saturated heterocycles. The van der Waals surface area contributed by atoms with Gasteiger partial charge in [0.05, 0.1) is 25.3 Å². The van der Waals surface area contributed by atoms with Crippen molar-refractivity contribution >= 4 is 0 Å². The summed E-state index contributed by atoms with van der Waals surface area (Å²) in [6, 6.07) is 37.4. The van der Waals surface area contributed by atoms with Gasteiger partial charge in [0.2, 0.25) is 0 Å². The van der Waals surface area contributed by atoms with Crippen molar-refractivity contribution in [2.24, 2.45) is 0 Å². The van der Waals surface area contributed by atoms with Crippen LogP contribution >= 0.6 is 0 Å². The van der Waals surface area contributed by atoms with Crippen LogP contribution in [0.1, 0.15) is 59.8 Å². The van der Waals surface area contributed by atoms with Crippen LogP contribution in [0.2, 0.25) is 0 Å². The van der Waals surface area contributed by atoms with Gasteiger partial charge in [0.15, 0.2) is 11.6 Å². The fourth-order valence-corrected chi connectivity index (χ4v) is 7.02. The van der Waals surface area contributed by atoms with Gasteiger partial charge in [-0.1, -0.05) is 84.9 Å². The zero-order chi connectivity index (χ0) is 35.5. The SMILES string of the molecule is CCOc1ccc([C@H](c2nnnn2CCc2ccccc2)N2CCN([C@H](c3ccc(OCC)cc3)c3nnnn3CCc3ccccc3)CC2)cc1. The van der Waals surface area contributed by atoms with Crippen LogP contribution < -0.4 is 9.47 Å². The molecule has 0 aliphatic carbocycles. The zero-order valence-electron chi connectivity index (χ0n) is 29.9. The summed E-state index contributed by atoms with van der Waals surface area (Å²) in [5, 5.41) is 26.5. The summed E-state index contributed by atoms with van der Waals surface area (Å²) in [7, 11) is 0. The Balaban J connectivity index is 1.15. The maximum absolute atomic E-state index is 5.79. The van der Waals surface area contributed by atoms with Gasteiger partial charge in [0.25, 0.3) is 0 Å². The summed E-state index contributed by atoms with van der Waals surface area (Å²) in [6.07, 6.45) is 1.68. The fourth-order valence-electron chi connectivity index (χ4n) is 7.02. The number of ether oxygens (including phenoxy) is 2. The van der Waals surface area contributed by atoms with Crippen molar-refractivity contribution < 1.29 is 9.47 Å². The number of hydrogen-bond donors (Lipinski definition) is 0. The summed E-state index contributed by atoms with van der Waals surface area (Å²) in [5.74, 6) is 3.37. The molecule has 0 unspecified atom stereocenters. The molecule has 4 aromatic carbocycles. The minimum Gasteiger partial charge on any atom is -0.494 e. The molecule has 2 aromatic heterocycles. The van der Waals surface area contributed by atoms with Gasteiger partial charge in [-0.05, 0) is 94.1 Å². The number of nitrogens with zero attached hydrogens (tertiary/aromatic N) is 10. The van der Waals surface area contributed by atoms with E-state index in [1.54, 1.807) is 0 Å². The maximum Gasteiger partial charge on any atom is 0.173 e.